The molecule has 0 atom stereocenters. The molecule has 0 unspecified atom stereocenters. The molecule has 0 aliphatic carbocycles. The van der Waals surface area contributed by atoms with Crippen LogP contribution in [0.2, 0.25) is 0 Å². The van der Waals surface area contributed by atoms with E-state index in [1.54, 1.807) is 12.4 Å². The molecule has 0 aliphatic heterocycles. The van der Waals surface area contributed by atoms with E-state index in [-0.39, 0.29) is 0 Å². The lowest BCUT2D eigenvalue weighted by Gasteiger charge is -1.91. The van der Waals surface area contributed by atoms with E-state index in [9.17, 15) is 20.2 Å². The zero-order chi connectivity index (χ0) is 12.7. The van der Waals surface area contributed by atoms with Crippen molar-refractivity contribution in [2.45, 2.75) is 0 Å². The Balaban J connectivity index is 0.000000239. The van der Waals surface area contributed by atoms with Crippen molar-refractivity contribution in [1.29, 1.82) is 0 Å². The Bertz CT molecular complexity index is 447. The van der Waals surface area contributed by atoms with Crippen LogP contribution in [0.5, 0.6) is 0 Å². The predicted molar refractivity (Wildman–Crippen MR) is 58.3 cm³/mol. The number of nitrogens with zero attached hydrogens (tertiary/aromatic N) is 3. The summed E-state index contributed by atoms with van der Waals surface area (Å²) in [6.45, 7) is 0. The minimum absolute atomic E-state index is 0.484. The molecule has 0 radical (unpaired) electrons. The van der Waals surface area contributed by atoms with Gasteiger partial charge in [-0.1, -0.05) is 12.1 Å². The summed E-state index contributed by atoms with van der Waals surface area (Å²) in [5.74, 6) is 0. The lowest BCUT2D eigenvalue weighted by atomic mass is 10.3. The third-order valence-electron chi connectivity index (χ3n) is 1.68. The van der Waals surface area contributed by atoms with Gasteiger partial charge in [0.2, 0.25) is 0 Å². The number of para-hydroxylation sites is 2. The van der Waals surface area contributed by atoms with Gasteiger partial charge in [0.15, 0.2) is 0 Å². The van der Waals surface area contributed by atoms with Crippen molar-refractivity contribution in [1.82, 2.24) is 10.2 Å². The maximum absolute atomic E-state index is 10.2. The van der Waals surface area contributed by atoms with E-state index in [2.05, 4.69) is 10.2 Å². The molecule has 0 spiro atoms. The van der Waals surface area contributed by atoms with Crippen LogP contribution in [0.25, 0.3) is 0 Å². The van der Waals surface area contributed by atoms with E-state index >= 15 is 0 Å². The first-order valence-electron chi connectivity index (χ1n) is 4.44. The summed E-state index contributed by atoms with van der Waals surface area (Å²) in [6.07, 6.45) is 3.46. The second-order valence-electron chi connectivity index (χ2n) is 2.77. The van der Waals surface area contributed by atoms with E-state index in [4.69, 9.17) is 0 Å². The molecule has 1 aromatic heterocycles. The number of nitrogens with one attached hydrogen (secondary N) is 1. The Kier molecular flexibility index (Phi) is 4.31. The van der Waals surface area contributed by atoms with Crippen molar-refractivity contribution in [3.63, 3.8) is 0 Å². The summed E-state index contributed by atoms with van der Waals surface area (Å²) in [6, 6.07) is 6.78. The van der Waals surface area contributed by atoms with Gasteiger partial charge in [-0.25, -0.2) is 0 Å². The molecule has 0 saturated carbocycles. The zero-order valence-electron chi connectivity index (χ0n) is 8.52. The number of nitro groups is 2. The monoisotopic (exact) mass is 236 g/mol. The van der Waals surface area contributed by atoms with Gasteiger partial charge in [-0.05, 0) is 6.07 Å². The van der Waals surface area contributed by atoms with Crippen molar-refractivity contribution < 1.29 is 9.85 Å². The van der Waals surface area contributed by atoms with Crippen LogP contribution in [0, 0.1) is 20.2 Å². The van der Waals surface area contributed by atoms with Crippen LogP contribution in [-0.2, 0) is 0 Å². The Morgan fingerprint density at radius 2 is 1.53 bits per heavy atom. The van der Waals surface area contributed by atoms with Crippen molar-refractivity contribution in [3.05, 3.63) is 63.0 Å². The SMILES string of the molecule is O=[N+]([O-])c1ccccc1[N+](=O)[O-].c1cn[nH]c1. The fourth-order valence-corrected chi connectivity index (χ4v) is 0.988. The Labute approximate surface area is 95.2 Å². The van der Waals surface area contributed by atoms with E-state index in [0.29, 0.717) is 0 Å². The van der Waals surface area contributed by atoms with Crippen LogP contribution in [-0.4, -0.2) is 20.0 Å². The van der Waals surface area contributed by atoms with Crippen LogP contribution < -0.4 is 0 Å². The largest absolute Gasteiger partial charge is 0.346 e. The molecule has 1 N–H and O–H groups in total. The van der Waals surface area contributed by atoms with Crippen molar-refractivity contribution in [2.75, 3.05) is 0 Å². The molecular weight excluding hydrogens is 228 g/mol. The molecule has 0 saturated heterocycles. The number of H-pyrrole nitrogens is 1. The van der Waals surface area contributed by atoms with Gasteiger partial charge >= 0.3 is 11.4 Å². The third kappa shape index (κ3) is 3.70. The van der Waals surface area contributed by atoms with Gasteiger partial charge in [-0.3, -0.25) is 25.3 Å². The normalized spacial score (nSPS) is 8.94. The predicted octanol–water partition coefficient (Wildman–Crippen LogP) is 1.91. The molecule has 2 rings (SSSR count). The lowest BCUT2D eigenvalue weighted by Crippen LogP contribution is -1.95. The minimum Gasteiger partial charge on any atom is -0.286 e. The Hall–Kier alpha value is -2.77. The lowest BCUT2D eigenvalue weighted by molar-refractivity contribution is -0.422. The first-order chi connectivity index (χ1) is 8.13. The number of aromatic nitrogens is 2. The highest BCUT2D eigenvalue weighted by molar-refractivity contribution is 5.51. The molecule has 1 aromatic carbocycles. The number of hydrogen-bond acceptors (Lipinski definition) is 5. The first kappa shape index (κ1) is 12.3. The van der Waals surface area contributed by atoms with Gasteiger partial charge in [0.05, 0.1) is 9.85 Å². The minimum atomic E-state index is -0.780. The van der Waals surface area contributed by atoms with Gasteiger partial charge in [0.25, 0.3) is 0 Å². The summed E-state index contributed by atoms with van der Waals surface area (Å²) >= 11 is 0. The fraction of sp³-hybridized carbons (Fsp3) is 0. The molecule has 8 heteroatoms. The maximum Gasteiger partial charge on any atom is 0.346 e. The summed E-state index contributed by atoms with van der Waals surface area (Å²) in [5, 5.41) is 26.7. The van der Waals surface area contributed by atoms with Gasteiger partial charge in [-0.2, -0.15) is 5.10 Å². The average Bonchev–Trinajstić information content (AvgIpc) is 2.87. The molecule has 2 aromatic rings. The highest BCUT2D eigenvalue weighted by atomic mass is 16.6. The molecule has 8 nitrogen and oxygen atoms in total. The van der Waals surface area contributed by atoms with Crippen molar-refractivity contribution in [3.8, 4) is 0 Å². The van der Waals surface area contributed by atoms with Crippen molar-refractivity contribution in [2.24, 2.45) is 0 Å². The molecule has 88 valence electrons. The van der Waals surface area contributed by atoms with E-state index in [1.165, 1.54) is 12.1 Å². The number of rotatable bonds is 2. The average molecular weight is 236 g/mol. The molecule has 0 fully saturated rings. The molecule has 17 heavy (non-hydrogen) atoms. The highest BCUT2D eigenvalue weighted by Crippen LogP contribution is 2.24. The Morgan fingerprint density at radius 1 is 1.00 bits per heavy atom. The number of benzene rings is 1. The van der Waals surface area contributed by atoms with Crippen molar-refractivity contribution >= 4 is 11.4 Å². The zero-order valence-corrected chi connectivity index (χ0v) is 8.52. The molecule has 0 amide bonds. The topological polar surface area (TPSA) is 115 Å². The third-order valence-corrected chi connectivity index (χ3v) is 1.68. The molecule has 1 heterocycles. The van der Waals surface area contributed by atoms with E-state index < -0.39 is 21.2 Å². The summed E-state index contributed by atoms with van der Waals surface area (Å²) in [7, 11) is 0. The molecular formula is C9H8N4O4. The standard InChI is InChI=1S/C6H4N2O4.C3H4N2/c9-7(10)5-3-1-2-4-6(5)8(11)12;1-2-4-5-3-1/h1-4H;1-3H,(H,4,5). The smallest absolute Gasteiger partial charge is 0.286 e. The van der Waals surface area contributed by atoms with Crippen LogP contribution in [0.4, 0.5) is 11.4 Å². The highest BCUT2D eigenvalue weighted by Gasteiger charge is 2.21. The van der Waals surface area contributed by atoms with Crippen LogP contribution >= 0.6 is 0 Å². The quantitative estimate of drug-likeness (QED) is 0.631. The van der Waals surface area contributed by atoms with Gasteiger partial charge in [-0.15, -0.1) is 0 Å². The van der Waals surface area contributed by atoms with Gasteiger partial charge in [0, 0.05) is 24.5 Å². The number of hydrogen-bond donors (Lipinski definition) is 1. The van der Waals surface area contributed by atoms with Gasteiger partial charge < -0.3 is 0 Å². The Morgan fingerprint density at radius 3 is 1.76 bits per heavy atom. The van der Waals surface area contributed by atoms with E-state index in [1.807, 2.05) is 6.07 Å². The van der Waals surface area contributed by atoms with E-state index in [0.717, 1.165) is 12.1 Å². The second-order valence-corrected chi connectivity index (χ2v) is 2.77. The second kappa shape index (κ2) is 5.95. The van der Waals surface area contributed by atoms with Crippen LogP contribution in [0.3, 0.4) is 0 Å². The summed E-state index contributed by atoms with van der Waals surface area (Å²) in [4.78, 5) is 18.9. The fourth-order valence-electron chi connectivity index (χ4n) is 0.988. The first-order valence-corrected chi connectivity index (χ1v) is 4.44. The number of nitro benzene ring substituents is 2. The van der Waals surface area contributed by atoms with Gasteiger partial charge in [0.1, 0.15) is 0 Å². The summed E-state index contributed by atoms with van der Waals surface area (Å²) < 4.78 is 0. The van der Waals surface area contributed by atoms with Crippen LogP contribution in [0.1, 0.15) is 0 Å². The molecule has 0 aliphatic rings. The van der Waals surface area contributed by atoms with Crippen LogP contribution in [0.15, 0.2) is 42.7 Å². The summed E-state index contributed by atoms with van der Waals surface area (Å²) in [5.41, 5.74) is -0.968. The number of aromatic amines is 1. The molecule has 0 bridgehead atoms. The maximum atomic E-state index is 10.2.